The van der Waals surface area contributed by atoms with Gasteiger partial charge in [-0.1, -0.05) is 0 Å². The number of amides is 1. The maximum Gasteiger partial charge on any atom is 0.222 e. The fraction of sp³-hybridized carbons (Fsp3) is 0.533. The first-order valence-corrected chi connectivity index (χ1v) is 7.57. The van der Waals surface area contributed by atoms with Crippen LogP contribution in [-0.2, 0) is 11.2 Å². The van der Waals surface area contributed by atoms with Gasteiger partial charge in [0, 0.05) is 44.0 Å². The normalized spacial score (nSPS) is 18.9. The van der Waals surface area contributed by atoms with Crippen molar-refractivity contribution >= 4 is 5.91 Å². The van der Waals surface area contributed by atoms with Crippen LogP contribution >= 0.6 is 0 Å². The number of H-pyrrole nitrogens is 2. The van der Waals surface area contributed by atoms with E-state index in [4.69, 9.17) is 0 Å². The Bertz CT molecular complexity index is 549. The first-order chi connectivity index (χ1) is 10.3. The summed E-state index contributed by atoms with van der Waals surface area (Å²) in [6.07, 6.45) is 11.9. The lowest BCUT2D eigenvalue weighted by atomic mass is 9.97. The molecule has 1 amide bonds. The van der Waals surface area contributed by atoms with Gasteiger partial charge in [-0.15, -0.1) is 0 Å². The fourth-order valence-corrected chi connectivity index (χ4v) is 2.94. The molecular formula is C15H21N5O. The Balaban J connectivity index is 1.48. The molecule has 1 saturated heterocycles. The van der Waals surface area contributed by atoms with Crippen molar-refractivity contribution in [3.63, 3.8) is 0 Å². The molecule has 6 heteroatoms. The number of carbonyl (C=O) groups is 1. The van der Waals surface area contributed by atoms with Crippen LogP contribution in [0.4, 0.5) is 0 Å². The number of aromatic nitrogens is 4. The Morgan fingerprint density at radius 2 is 2.43 bits per heavy atom. The zero-order valence-corrected chi connectivity index (χ0v) is 12.1. The van der Waals surface area contributed by atoms with Crippen molar-refractivity contribution in [2.45, 2.75) is 38.0 Å². The Labute approximate surface area is 124 Å². The molecule has 0 bridgehead atoms. The zero-order valence-electron chi connectivity index (χ0n) is 12.1. The van der Waals surface area contributed by atoms with Gasteiger partial charge in [-0.05, 0) is 31.2 Å². The summed E-state index contributed by atoms with van der Waals surface area (Å²) in [5.74, 6) is 1.62. The molecule has 6 nitrogen and oxygen atoms in total. The molecule has 0 aromatic carbocycles. The number of rotatable bonds is 5. The molecule has 1 fully saturated rings. The highest BCUT2D eigenvalue weighted by molar-refractivity contribution is 5.76. The predicted octanol–water partition coefficient (Wildman–Crippen LogP) is 1.86. The minimum absolute atomic E-state index is 0.259. The molecule has 2 N–H and O–H groups in total. The van der Waals surface area contributed by atoms with E-state index in [1.54, 1.807) is 6.20 Å². The van der Waals surface area contributed by atoms with Gasteiger partial charge in [-0.25, -0.2) is 4.98 Å². The van der Waals surface area contributed by atoms with Crippen LogP contribution in [0.3, 0.4) is 0 Å². The molecule has 1 aliphatic rings. The topological polar surface area (TPSA) is 77.7 Å². The Morgan fingerprint density at radius 1 is 1.48 bits per heavy atom. The molecule has 0 spiro atoms. The minimum atomic E-state index is 0.259. The van der Waals surface area contributed by atoms with Gasteiger partial charge in [0.25, 0.3) is 0 Å². The highest BCUT2D eigenvalue weighted by Gasteiger charge is 2.25. The second-order valence-electron chi connectivity index (χ2n) is 5.61. The van der Waals surface area contributed by atoms with Crippen molar-refractivity contribution in [3.8, 4) is 0 Å². The van der Waals surface area contributed by atoms with Crippen LogP contribution in [0.5, 0.6) is 0 Å². The SMILES string of the molecule is O=C(CCCc1cn[nH]c1)N1CCCC(c2ncc[nH]2)C1. The lowest BCUT2D eigenvalue weighted by Gasteiger charge is -2.32. The van der Waals surface area contributed by atoms with Crippen LogP contribution in [0, 0.1) is 0 Å². The van der Waals surface area contributed by atoms with Crippen LogP contribution in [-0.4, -0.2) is 44.1 Å². The number of nitrogens with zero attached hydrogens (tertiary/aromatic N) is 3. The molecule has 112 valence electrons. The van der Waals surface area contributed by atoms with Crippen molar-refractivity contribution in [2.24, 2.45) is 0 Å². The number of likely N-dealkylation sites (tertiary alicyclic amines) is 1. The summed E-state index contributed by atoms with van der Waals surface area (Å²) in [6, 6.07) is 0. The van der Waals surface area contributed by atoms with Gasteiger partial charge in [-0.2, -0.15) is 5.10 Å². The van der Waals surface area contributed by atoms with Crippen LogP contribution in [0.1, 0.15) is 43.0 Å². The summed E-state index contributed by atoms with van der Waals surface area (Å²) in [5, 5.41) is 6.71. The number of imidazole rings is 1. The standard InChI is InChI=1S/C15H21N5O/c21-14(5-1-3-12-9-18-19-10-12)20-8-2-4-13(11-20)15-16-6-7-17-15/h6-7,9-10,13H,1-5,8,11H2,(H,16,17)(H,18,19). The maximum absolute atomic E-state index is 12.3. The van der Waals surface area contributed by atoms with Gasteiger partial charge in [0.05, 0.1) is 6.20 Å². The number of nitrogens with one attached hydrogen (secondary N) is 2. The first-order valence-electron chi connectivity index (χ1n) is 7.57. The monoisotopic (exact) mass is 287 g/mol. The Kier molecular flexibility index (Phi) is 4.33. The second kappa shape index (κ2) is 6.56. The van der Waals surface area contributed by atoms with Crippen LogP contribution in [0.15, 0.2) is 24.8 Å². The molecule has 0 aliphatic carbocycles. The quantitative estimate of drug-likeness (QED) is 0.881. The molecule has 3 rings (SSSR count). The van der Waals surface area contributed by atoms with Gasteiger partial charge >= 0.3 is 0 Å². The van der Waals surface area contributed by atoms with Crippen LogP contribution in [0.25, 0.3) is 0 Å². The number of piperidine rings is 1. The Morgan fingerprint density at radius 3 is 3.19 bits per heavy atom. The average Bonchev–Trinajstić information content (AvgIpc) is 3.21. The van der Waals surface area contributed by atoms with Crippen LogP contribution < -0.4 is 0 Å². The van der Waals surface area contributed by atoms with Gasteiger partial charge < -0.3 is 9.88 Å². The third-order valence-corrected chi connectivity index (χ3v) is 4.09. The molecule has 1 atom stereocenters. The van der Waals surface area contributed by atoms with E-state index in [1.165, 1.54) is 0 Å². The number of hydrogen-bond donors (Lipinski definition) is 2. The predicted molar refractivity (Wildman–Crippen MR) is 78.7 cm³/mol. The third-order valence-electron chi connectivity index (χ3n) is 4.09. The van der Waals surface area contributed by atoms with E-state index < -0.39 is 0 Å². The average molecular weight is 287 g/mol. The van der Waals surface area contributed by atoms with Gasteiger partial charge in [0.2, 0.25) is 5.91 Å². The summed E-state index contributed by atoms with van der Waals surface area (Å²) < 4.78 is 0. The summed E-state index contributed by atoms with van der Waals surface area (Å²) in [6.45, 7) is 1.67. The zero-order chi connectivity index (χ0) is 14.5. The summed E-state index contributed by atoms with van der Waals surface area (Å²) >= 11 is 0. The Hall–Kier alpha value is -2.11. The molecule has 1 unspecified atom stereocenters. The fourth-order valence-electron chi connectivity index (χ4n) is 2.94. The molecule has 0 radical (unpaired) electrons. The van der Waals surface area contributed by atoms with Crippen molar-refractivity contribution in [1.82, 2.24) is 25.1 Å². The lowest BCUT2D eigenvalue weighted by Crippen LogP contribution is -2.39. The molecule has 21 heavy (non-hydrogen) atoms. The maximum atomic E-state index is 12.3. The largest absolute Gasteiger partial charge is 0.348 e. The van der Waals surface area contributed by atoms with E-state index >= 15 is 0 Å². The number of aromatic amines is 2. The molecule has 1 aliphatic heterocycles. The van der Waals surface area contributed by atoms with Crippen LogP contribution in [0.2, 0.25) is 0 Å². The van der Waals surface area contributed by atoms with Crippen molar-refractivity contribution in [3.05, 3.63) is 36.2 Å². The summed E-state index contributed by atoms with van der Waals surface area (Å²) in [7, 11) is 0. The summed E-state index contributed by atoms with van der Waals surface area (Å²) in [4.78, 5) is 21.8. The molecule has 0 saturated carbocycles. The first kappa shape index (κ1) is 13.9. The lowest BCUT2D eigenvalue weighted by molar-refractivity contribution is -0.132. The van der Waals surface area contributed by atoms with E-state index in [-0.39, 0.29) is 5.91 Å². The van der Waals surface area contributed by atoms with E-state index in [0.29, 0.717) is 12.3 Å². The molecular weight excluding hydrogens is 266 g/mol. The van der Waals surface area contributed by atoms with Crippen molar-refractivity contribution in [2.75, 3.05) is 13.1 Å². The van der Waals surface area contributed by atoms with E-state index in [2.05, 4.69) is 20.2 Å². The smallest absolute Gasteiger partial charge is 0.222 e. The summed E-state index contributed by atoms with van der Waals surface area (Å²) in [5.41, 5.74) is 1.16. The highest BCUT2D eigenvalue weighted by Crippen LogP contribution is 2.24. The second-order valence-corrected chi connectivity index (χ2v) is 5.61. The van der Waals surface area contributed by atoms with Gasteiger partial charge in [0.15, 0.2) is 0 Å². The van der Waals surface area contributed by atoms with Gasteiger partial charge in [0.1, 0.15) is 5.82 Å². The van der Waals surface area contributed by atoms with Crippen molar-refractivity contribution < 1.29 is 4.79 Å². The molecule has 3 heterocycles. The van der Waals surface area contributed by atoms with Crippen molar-refractivity contribution in [1.29, 1.82) is 0 Å². The number of carbonyl (C=O) groups excluding carboxylic acids is 1. The molecule has 2 aromatic rings. The minimum Gasteiger partial charge on any atom is -0.348 e. The van der Waals surface area contributed by atoms with E-state index in [9.17, 15) is 4.79 Å². The molecule has 2 aromatic heterocycles. The van der Waals surface area contributed by atoms with E-state index in [0.717, 1.165) is 50.2 Å². The van der Waals surface area contributed by atoms with E-state index in [1.807, 2.05) is 23.5 Å². The van der Waals surface area contributed by atoms with Gasteiger partial charge in [-0.3, -0.25) is 9.89 Å². The third kappa shape index (κ3) is 3.51. The number of hydrogen-bond acceptors (Lipinski definition) is 3. The number of aryl methyl sites for hydroxylation is 1. The highest BCUT2D eigenvalue weighted by atomic mass is 16.2.